The second-order valence-corrected chi connectivity index (χ2v) is 2.12. The zero-order chi connectivity index (χ0) is 6.91. The monoisotopic (exact) mass is 168 g/mol. The summed E-state index contributed by atoms with van der Waals surface area (Å²) in [7, 11) is 0. The van der Waals surface area contributed by atoms with Crippen LogP contribution in [0.5, 0.6) is 0 Å². The van der Waals surface area contributed by atoms with E-state index in [0.717, 1.165) is 0 Å². The van der Waals surface area contributed by atoms with E-state index in [9.17, 15) is 8.78 Å². The molecule has 1 aliphatic rings. The van der Waals surface area contributed by atoms with Crippen LogP contribution in [0.1, 0.15) is 6.42 Å². The molecule has 0 amide bonds. The maximum absolute atomic E-state index is 12.2. The van der Waals surface area contributed by atoms with Gasteiger partial charge in [-0.1, -0.05) is 0 Å². The molecule has 0 spiro atoms. The molecule has 0 aromatic rings. The standard InChI is InChI=1S/C5H6F2N2.ClH/c6-5(7)1-4(2-8)9-3-5;/h4,9H,1,3H2;1H/t4-;/m0./s1. The summed E-state index contributed by atoms with van der Waals surface area (Å²) < 4.78 is 24.3. The van der Waals surface area contributed by atoms with E-state index < -0.39 is 12.0 Å². The summed E-state index contributed by atoms with van der Waals surface area (Å²) in [6.07, 6.45) is -0.344. The Labute approximate surface area is 63.6 Å². The third kappa shape index (κ3) is 2.09. The van der Waals surface area contributed by atoms with Crippen molar-refractivity contribution in [2.75, 3.05) is 6.54 Å². The van der Waals surface area contributed by atoms with Crippen LogP contribution in [-0.2, 0) is 0 Å². The van der Waals surface area contributed by atoms with Crippen molar-refractivity contribution in [3.8, 4) is 6.07 Å². The quantitative estimate of drug-likeness (QED) is 0.584. The van der Waals surface area contributed by atoms with Crippen molar-refractivity contribution in [3.63, 3.8) is 0 Å². The number of halogens is 3. The summed E-state index contributed by atoms with van der Waals surface area (Å²) in [6.45, 7) is -0.356. The van der Waals surface area contributed by atoms with Crippen LogP contribution in [-0.4, -0.2) is 18.5 Å². The summed E-state index contributed by atoms with van der Waals surface area (Å²) in [6, 6.07) is 1.08. The van der Waals surface area contributed by atoms with E-state index in [4.69, 9.17) is 5.26 Å². The Balaban J connectivity index is 0.000000810. The number of nitrogens with zero attached hydrogens (tertiary/aromatic N) is 1. The van der Waals surface area contributed by atoms with Gasteiger partial charge in [-0.25, -0.2) is 8.78 Å². The normalized spacial score (nSPS) is 28.7. The number of rotatable bonds is 0. The van der Waals surface area contributed by atoms with Crippen molar-refractivity contribution in [2.24, 2.45) is 0 Å². The van der Waals surface area contributed by atoms with Crippen LogP contribution in [0.25, 0.3) is 0 Å². The van der Waals surface area contributed by atoms with Crippen LogP contribution >= 0.6 is 12.4 Å². The molecule has 0 bridgehead atoms. The minimum absolute atomic E-state index is 0. The Hall–Kier alpha value is -0.400. The molecule has 0 aromatic heterocycles. The van der Waals surface area contributed by atoms with Crippen molar-refractivity contribution < 1.29 is 8.78 Å². The molecule has 5 heteroatoms. The highest BCUT2D eigenvalue weighted by Gasteiger charge is 2.39. The van der Waals surface area contributed by atoms with E-state index in [2.05, 4.69) is 5.32 Å². The molecule has 0 unspecified atom stereocenters. The van der Waals surface area contributed by atoms with E-state index in [1.807, 2.05) is 0 Å². The zero-order valence-electron chi connectivity index (χ0n) is 5.10. The maximum atomic E-state index is 12.2. The minimum Gasteiger partial charge on any atom is -0.296 e. The molecule has 1 fully saturated rings. The topological polar surface area (TPSA) is 35.8 Å². The third-order valence-corrected chi connectivity index (χ3v) is 1.27. The smallest absolute Gasteiger partial charge is 0.262 e. The molecule has 1 N–H and O–H groups in total. The first-order valence-corrected chi connectivity index (χ1v) is 2.65. The maximum Gasteiger partial charge on any atom is 0.262 e. The van der Waals surface area contributed by atoms with Crippen LogP contribution in [0.15, 0.2) is 0 Å². The molecule has 2 nitrogen and oxygen atoms in total. The summed E-state index contributed by atoms with van der Waals surface area (Å²) in [5.41, 5.74) is 0. The van der Waals surface area contributed by atoms with Crippen LogP contribution < -0.4 is 5.32 Å². The fourth-order valence-electron chi connectivity index (χ4n) is 0.807. The van der Waals surface area contributed by atoms with Crippen molar-refractivity contribution in [1.29, 1.82) is 5.26 Å². The molecule has 1 rings (SSSR count). The van der Waals surface area contributed by atoms with Gasteiger partial charge in [-0.15, -0.1) is 12.4 Å². The minimum atomic E-state index is -2.67. The first-order chi connectivity index (χ1) is 4.14. The van der Waals surface area contributed by atoms with Gasteiger partial charge in [0.2, 0.25) is 0 Å². The molecular weight excluding hydrogens is 162 g/mol. The van der Waals surface area contributed by atoms with Gasteiger partial charge in [0, 0.05) is 6.42 Å². The summed E-state index contributed by atoms with van der Waals surface area (Å²) >= 11 is 0. The average Bonchev–Trinajstić information content (AvgIpc) is 2.10. The van der Waals surface area contributed by atoms with Crippen molar-refractivity contribution in [1.82, 2.24) is 5.32 Å². The number of nitriles is 1. The predicted octanol–water partition coefficient (Wildman–Crippen LogP) is 0.929. The molecule has 0 radical (unpaired) electrons. The predicted molar refractivity (Wildman–Crippen MR) is 34.2 cm³/mol. The SMILES string of the molecule is Cl.N#C[C@@H]1CC(F)(F)CN1. The highest BCUT2D eigenvalue weighted by atomic mass is 35.5. The van der Waals surface area contributed by atoms with Gasteiger partial charge in [0.1, 0.15) is 6.04 Å². The van der Waals surface area contributed by atoms with Crippen LogP contribution in [0.3, 0.4) is 0 Å². The Kier molecular flexibility index (Phi) is 3.00. The molecule has 0 saturated carbocycles. The molecule has 1 aliphatic heterocycles. The molecule has 1 atom stereocenters. The molecule has 0 aromatic carbocycles. The van der Waals surface area contributed by atoms with Crippen molar-refractivity contribution in [3.05, 3.63) is 0 Å². The number of hydrogen-bond donors (Lipinski definition) is 1. The van der Waals surface area contributed by atoms with Crippen molar-refractivity contribution in [2.45, 2.75) is 18.4 Å². The van der Waals surface area contributed by atoms with E-state index in [0.29, 0.717) is 0 Å². The van der Waals surface area contributed by atoms with Gasteiger partial charge in [0.05, 0.1) is 12.6 Å². The van der Waals surface area contributed by atoms with Crippen LogP contribution in [0.2, 0.25) is 0 Å². The van der Waals surface area contributed by atoms with Gasteiger partial charge in [-0.3, -0.25) is 5.32 Å². The fourth-order valence-corrected chi connectivity index (χ4v) is 0.807. The van der Waals surface area contributed by atoms with Crippen LogP contribution in [0.4, 0.5) is 8.78 Å². The molecule has 1 heterocycles. The van der Waals surface area contributed by atoms with Gasteiger partial charge in [0.15, 0.2) is 0 Å². The number of nitrogens with one attached hydrogen (secondary N) is 1. The Morgan fingerprint density at radius 3 is 2.40 bits per heavy atom. The molecule has 58 valence electrons. The van der Waals surface area contributed by atoms with E-state index in [-0.39, 0.29) is 25.4 Å². The second kappa shape index (κ2) is 3.13. The lowest BCUT2D eigenvalue weighted by Gasteiger charge is -2.02. The summed E-state index contributed by atoms with van der Waals surface area (Å²) in [5.74, 6) is -2.67. The van der Waals surface area contributed by atoms with Crippen LogP contribution in [0, 0.1) is 11.3 Å². The van der Waals surface area contributed by atoms with E-state index >= 15 is 0 Å². The highest BCUT2D eigenvalue weighted by Crippen LogP contribution is 2.24. The van der Waals surface area contributed by atoms with Crippen molar-refractivity contribution >= 4 is 12.4 Å². The van der Waals surface area contributed by atoms with Gasteiger partial charge in [-0.2, -0.15) is 5.26 Å². The highest BCUT2D eigenvalue weighted by molar-refractivity contribution is 5.85. The third-order valence-electron chi connectivity index (χ3n) is 1.27. The molecule has 0 aliphatic carbocycles. The number of alkyl halides is 2. The van der Waals surface area contributed by atoms with Gasteiger partial charge in [0.25, 0.3) is 5.92 Å². The zero-order valence-corrected chi connectivity index (χ0v) is 5.92. The van der Waals surface area contributed by atoms with E-state index in [1.165, 1.54) is 0 Å². The molecular formula is C5H7ClF2N2. The first kappa shape index (κ1) is 9.60. The largest absolute Gasteiger partial charge is 0.296 e. The lowest BCUT2D eigenvalue weighted by Crippen LogP contribution is -2.21. The fraction of sp³-hybridized carbons (Fsp3) is 0.800. The Morgan fingerprint density at radius 1 is 1.60 bits per heavy atom. The number of hydrogen-bond acceptors (Lipinski definition) is 2. The van der Waals surface area contributed by atoms with Gasteiger partial charge >= 0.3 is 0 Å². The lowest BCUT2D eigenvalue weighted by molar-refractivity contribution is 0.0224. The molecule has 1 saturated heterocycles. The average molecular weight is 169 g/mol. The molecule has 10 heavy (non-hydrogen) atoms. The summed E-state index contributed by atoms with van der Waals surface area (Å²) in [4.78, 5) is 0. The second-order valence-electron chi connectivity index (χ2n) is 2.12. The Bertz CT molecular complexity index is 154. The van der Waals surface area contributed by atoms with Gasteiger partial charge in [-0.05, 0) is 0 Å². The van der Waals surface area contributed by atoms with E-state index in [1.54, 1.807) is 6.07 Å². The summed E-state index contributed by atoms with van der Waals surface area (Å²) in [5, 5.41) is 10.5. The van der Waals surface area contributed by atoms with Gasteiger partial charge < -0.3 is 0 Å². The Morgan fingerprint density at radius 2 is 2.20 bits per heavy atom. The first-order valence-electron chi connectivity index (χ1n) is 2.65. The lowest BCUT2D eigenvalue weighted by atomic mass is 10.2.